The average Bonchev–Trinajstić information content (AvgIpc) is 2.61. The van der Waals surface area contributed by atoms with E-state index in [1.54, 1.807) is 0 Å². The first kappa shape index (κ1) is 19.9. The number of rotatable bonds is 9. The van der Waals surface area contributed by atoms with E-state index in [-0.39, 0.29) is 20.9 Å². The Morgan fingerprint density at radius 3 is 2.04 bits per heavy atom. The first-order chi connectivity index (χ1) is 11.4. The molecular weight excluding hydrogens is 395 g/mol. The molecule has 2 saturated carbocycles. The summed E-state index contributed by atoms with van der Waals surface area (Å²) < 4.78 is 8.86. The van der Waals surface area contributed by atoms with Gasteiger partial charge in [-0.2, -0.15) is 0 Å². The topological polar surface area (TPSA) is 9.23 Å². The summed E-state index contributed by atoms with van der Waals surface area (Å²) >= 11 is 0.0267. The van der Waals surface area contributed by atoms with Crippen molar-refractivity contribution in [2.45, 2.75) is 100 Å². The van der Waals surface area contributed by atoms with E-state index in [0.717, 1.165) is 25.0 Å². The van der Waals surface area contributed by atoms with Crippen molar-refractivity contribution in [1.82, 2.24) is 0 Å². The van der Waals surface area contributed by atoms with Gasteiger partial charge in [0.05, 0.1) is 0 Å². The Morgan fingerprint density at radius 1 is 1.00 bits per heavy atom. The van der Waals surface area contributed by atoms with Crippen LogP contribution in [0, 0.1) is 0 Å². The third kappa shape index (κ3) is 6.76. The molecule has 0 aromatic carbocycles. The zero-order chi connectivity index (χ0) is 16.3. The molecule has 0 heterocycles. The van der Waals surface area contributed by atoms with Gasteiger partial charge in [0.2, 0.25) is 0 Å². The second-order valence-corrected chi connectivity index (χ2v) is 10.9. The number of unbranched alkanes of at least 4 members (excludes halogenated alkanes) is 1. The van der Waals surface area contributed by atoms with E-state index in [2.05, 4.69) is 13.0 Å². The number of hydrogen-bond donors (Lipinski definition) is 0. The summed E-state index contributed by atoms with van der Waals surface area (Å²) in [5.41, 5.74) is 0. The van der Waals surface area contributed by atoms with Crippen molar-refractivity contribution in [1.29, 1.82) is 0 Å². The summed E-state index contributed by atoms with van der Waals surface area (Å²) in [6.45, 7) is 4.12. The van der Waals surface area contributed by atoms with Gasteiger partial charge in [0, 0.05) is 0 Å². The Kier molecular flexibility index (Phi) is 10.4. The van der Waals surface area contributed by atoms with Crippen LogP contribution in [-0.4, -0.2) is 41.4 Å². The first-order valence-corrected chi connectivity index (χ1v) is 13.0. The Labute approximate surface area is 155 Å². The molecule has 0 aromatic heterocycles. The monoisotopic (exact) mass is 434 g/mol. The van der Waals surface area contributed by atoms with Crippen LogP contribution in [0.1, 0.15) is 84.0 Å². The fourth-order valence-corrected chi connectivity index (χ4v) is 8.71. The Morgan fingerprint density at radius 2 is 1.57 bits per heavy atom. The van der Waals surface area contributed by atoms with Crippen LogP contribution in [-0.2, 0) is 4.74 Å². The third-order valence-electron chi connectivity index (χ3n) is 5.86. The average molecular weight is 432 g/mol. The molecule has 2 aliphatic carbocycles. The van der Waals surface area contributed by atoms with Gasteiger partial charge in [-0.25, -0.2) is 0 Å². The van der Waals surface area contributed by atoms with Crippen LogP contribution in [0.3, 0.4) is 0 Å². The van der Waals surface area contributed by atoms with Gasteiger partial charge >= 0.3 is 156 Å². The quantitative estimate of drug-likeness (QED) is 0.314. The van der Waals surface area contributed by atoms with Gasteiger partial charge in [-0.1, -0.05) is 0 Å². The standard InChI is InChI=1S/C20H37BOTe/c1-3-4-17-23-20(15-16-22-2)21(18-11-7-5-8-12-18)19-13-9-6-10-14-19/h15,18-19H,3-14,16-17H2,1-2H3/b20-15-. The molecule has 0 bridgehead atoms. The molecule has 3 heteroatoms. The molecule has 0 N–H and O–H groups in total. The fraction of sp³-hybridized carbons (Fsp3) is 0.900. The van der Waals surface area contributed by atoms with Gasteiger partial charge in [0.15, 0.2) is 0 Å². The zero-order valence-corrected chi connectivity index (χ0v) is 17.9. The van der Waals surface area contributed by atoms with E-state index >= 15 is 0 Å². The summed E-state index contributed by atoms with van der Waals surface area (Å²) in [5.74, 6) is 2.00. The van der Waals surface area contributed by atoms with Gasteiger partial charge in [-0.05, 0) is 0 Å². The molecule has 2 rings (SSSR count). The van der Waals surface area contributed by atoms with Crippen LogP contribution in [0.25, 0.3) is 0 Å². The van der Waals surface area contributed by atoms with E-state index in [1.807, 2.05) is 10.6 Å². The van der Waals surface area contributed by atoms with Crippen molar-refractivity contribution in [2.24, 2.45) is 0 Å². The molecule has 2 fully saturated rings. The molecule has 2 aliphatic rings. The maximum absolute atomic E-state index is 5.45. The molecular formula is C20H37BOTe. The summed E-state index contributed by atoms with van der Waals surface area (Å²) in [6, 6.07) is 0. The van der Waals surface area contributed by atoms with Crippen LogP contribution in [0.15, 0.2) is 9.60 Å². The number of ether oxygens (including phenoxy) is 1. The van der Waals surface area contributed by atoms with Gasteiger partial charge in [-0.15, -0.1) is 0 Å². The third-order valence-corrected chi connectivity index (χ3v) is 9.47. The van der Waals surface area contributed by atoms with Crippen molar-refractivity contribution in [3.05, 3.63) is 9.60 Å². The zero-order valence-electron chi connectivity index (χ0n) is 15.5. The molecule has 0 radical (unpaired) electrons. The molecule has 0 unspecified atom stereocenters. The summed E-state index contributed by atoms with van der Waals surface area (Å²) in [4.78, 5) is 0. The summed E-state index contributed by atoms with van der Waals surface area (Å²) in [7, 11) is 1.86. The van der Waals surface area contributed by atoms with Gasteiger partial charge in [0.1, 0.15) is 0 Å². The fourth-order valence-electron chi connectivity index (χ4n) is 4.63. The minimum absolute atomic E-state index is 0.0267. The van der Waals surface area contributed by atoms with Crippen molar-refractivity contribution in [2.75, 3.05) is 13.7 Å². The molecule has 23 heavy (non-hydrogen) atoms. The van der Waals surface area contributed by atoms with E-state index in [1.165, 1.54) is 81.5 Å². The second kappa shape index (κ2) is 12.0. The molecule has 0 amide bonds. The molecule has 0 atom stereocenters. The summed E-state index contributed by atoms with van der Waals surface area (Å²) in [5, 5.41) is 0. The maximum atomic E-state index is 5.45. The first-order valence-electron chi connectivity index (χ1n) is 10.2. The Balaban J connectivity index is 2.11. The Bertz CT molecular complexity index is 315. The van der Waals surface area contributed by atoms with Crippen LogP contribution < -0.4 is 0 Å². The number of hydrogen-bond acceptors (Lipinski definition) is 1. The molecule has 1 nitrogen and oxygen atoms in total. The van der Waals surface area contributed by atoms with Crippen LogP contribution >= 0.6 is 0 Å². The SMILES string of the molecule is CCCC[Te]/C(=C\COC)B(C1CCCCC1)C1CCCCC1. The molecule has 0 aliphatic heterocycles. The van der Waals surface area contributed by atoms with Crippen molar-refractivity contribution >= 4 is 27.6 Å². The van der Waals surface area contributed by atoms with Crippen LogP contribution in [0.5, 0.6) is 0 Å². The molecule has 0 aromatic rings. The molecule has 132 valence electrons. The normalized spacial score (nSPS) is 21.6. The van der Waals surface area contributed by atoms with Gasteiger partial charge < -0.3 is 0 Å². The summed E-state index contributed by atoms with van der Waals surface area (Å²) in [6.07, 6.45) is 20.3. The molecule has 0 spiro atoms. The van der Waals surface area contributed by atoms with Crippen LogP contribution in [0.2, 0.25) is 16.1 Å². The van der Waals surface area contributed by atoms with E-state index in [9.17, 15) is 0 Å². The Hall–Kier alpha value is 0.555. The van der Waals surface area contributed by atoms with Crippen molar-refractivity contribution in [3.8, 4) is 0 Å². The van der Waals surface area contributed by atoms with Crippen molar-refractivity contribution in [3.63, 3.8) is 0 Å². The van der Waals surface area contributed by atoms with E-state index in [4.69, 9.17) is 4.74 Å². The predicted molar refractivity (Wildman–Crippen MR) is 105 cm³/mol. The minimum atomic E-state index is 0.0267. The van der Waals surface area contributed by atoms with E-state index in [0.29, 0.717) is 0 Å². The predicted octanol–water partition coefficient (Wildman–Crippen LogP) is 6.14. The van der Waals surface area contributed by atoms with Crippen molar-refractivity contribution < 1.29 is 4.74 Å². The van der Waals surface area contributed by atoms with Crippen LogP contribution in [0.4, 0.5) is 0 Å². The van der Waals surface area contributed by atoms with Gasteiger partial charge in [0.25, 0.3) is 0 Å². The second-order valence-electron chi connectivity index (χ2n) is 7.59. The molecule has 0 saturated heterocycles. The van der Waals surface area contributed by atoms with E-state index < -0.39 is 0 Å². The van der Waals surface area contributed by atoms with Gasteiger partial charge in [-0.3, -0.25) is 0 Å². The number of methoxy groups -OCH3 is 1.